The number of carbonyl (C=O) groups is 3. The van der Waals surface area contributed by atoms with Crippen LogP contribution in [-0.2, 0) is 4.79 Å². The summed E-state index contributed by atoms with van der Waals surface area (Å²) < 4.78 is 0. The first-order valence-electron chi connectivity index (χ1n) is 9.11. The van der Waals surface area contributed by atoms with Crippen LogP contribution in [0.3, 0.4) is 0 Å². The SMILES string of the molecule is CC(C)(C)CNC(=O)c1ccc(C(=O)NCC(C(=O)O)c2ccccc2)cc1. The Morgan fingerprint density at radius 1 is 0.857 bits per heavy atom. The molecular weight excluding hydrogens is 356 g/mol. The van der Waals surface area contributed by atoms with Crippen molar-refractivity contribution in [2.75, 3.05) is 13.1 Å². The number of carboxylic acid groups (broad SMARTS) is 1. The van der Waals surface area contributed by atoms with E-state index in [1.54, 1.807) is 54.6 Å². The third-order valence-corrected chi connectivity index (χ3v) is 4.16. The largest absolute Gasteiger partial charge is 0.481 e. The van der Waals surface area contributed by atoms with Crippen LogP contribution < -0.4 is 10.6 Å². The summed E-state index contributed by atoms with van der Waals surface area (Å²) in [5.74, 6) is -2.41. The minimum absolute atomic E-state index is 0.0189. The first-order chi connectivity index (χ1) is 13.2. The molecule has 0 saturated carbocycles. The van der Waals surface area contributed by atoms with Crippen LogP contribution in [-0.4, -0.2) is 36.0 Å². The van der Waals surface area contributed by atoms with Crippen LogP contribution in [0.5, 0.6) is 0 Å². The molecule has 6 heteroatoms. The van der Waals surface area contributed by atoms with Gasteiger partial charge in [0.25, 0.3) is 11.8 Å². The fourth-order valence-electron chi connectivity index (χ4n) is 2.55. The molecule has 0 aromatic heterocycles. The van der Waals surface area contributed by atoms with Crippen molar-refractivity contribution in [2.24, 2.45) is 5.41 Å². The topological polar surface area (TPSA) is 95.5 Å². The van der Waals surface area contributed by atoms with Crippen LogP contribution in [0.2, 0.25) is 0 Å². The van der Waals surface area contributed by atoms with E-state index in [2.05, 4.69) is 10.6 Å². The number of hydrogen-bond donors (Lipinski definition) is 3. The van der Waals surface area contributed by atoms with E-state index >= 15 is 0 Å². The Kier molecular flexibility index (Phi) is 6.93. The molecule has 0 aliphatic heterocycles. The van der Waals surface area contributed by atoms with E-state index in [0.29, 0.717) is 23.2 Å². The third kappa shape index (κ3) is 6.23. The molecule has 1 atom stereocenters. The van der Waals surface area contributed by atoms with Crippen LogP contribution >= 0.6 is 0 Å². The number of amides is 2. The second-order valence-corrected chi connectivity index (χ2v) is 7.83. The number of nitrogens with one attached hydrogen (secondary N) is 2. The van der Waals surface area contributed by atoms with Crippen LogP contribution in [0.4, 0.5) is 0 Å². The molecule has 2 aromatic carbocycles. The average molecular weight is 382 g/mol. The van der Waals surface area contributed by atoms with E-state index in [1.807, 2.05) is 20.8 Å². The van der Waals surface area contributed by atoms with Crippen molar-refractivity contribution in [2.45, 2.75) is 26.7 Å². The van der Waals surface area contributed by atoms with Gasteiger partial charge in [-0.15, -0.1) is 0 Å². The molecule has 0 spiro atoms. The van der Waals surface area contributed by atoms with Crippen molar-refractivity contribution in [3.8, 4) is 0 Å². The smallest absolute Gasteiger partial charge is 0.312 e. The zero-order valence-electron chi connectivity index (χ0n) is 16.4. The van der Waals surface area contributed by atoms with Gasteiger partial charge in [-0.05, 0) is 35.2 Å². The van der Waals surface area contributed by atoms with Crippen LogP contribution in [0, 0.1) is 5.41 Å². The van der Waals surface area contributed by atoms with Crippen LogP contribution in [0.25, 0.3) is 0 Å². The van der Waals surface area contributed by atoms with Crippen LogP contribution in [0.15, 0.2) is 54.6 Å². The second-order valence-electron chi connectivity index (χ2n) is 7.83. The normalized spacial score (nSPS) is 12.1. The predicted octanol–water partition coefficient (Wildman–Crippen LogP) is 3.06. The van der Waals surface area contributed by atoms with Gasteiger partial charge in [0.05, 0.1) is 5.92 Å². The number of rotatable bonds is 7. The lowest BCUT2D eigenvalue weighted by Gasteiger charge is -2.18. The number of carbonyl (C=O) groups excluding carboxylic acids is 2. The molecule has 28 heavy (non-hydrogen) atoms. The van der Waals surface area contributed by atoms with E-state index in [9.17, 15) is 19.5 Å². The Hall–Kier alpha value is -3.15. The third-order valence-electron chi connectivity index (χ3n) is 4.16. The molecule has 3 N–H and O–H groups in total. The van der Waals surface area contributed by atoms with E-state index in [4.69, 9.17) is 0 Å². The van der Waals surface area contributed by atoms with Gasteiger partial charge >= 0.3 is 5.97 Å². The fraction of sp³-hybridized carbons (Fsp3) is 0.318. The molecule has 0 heterocycles. The van der Waals surface area contributed by atoms with E-state index < -0.39 is 11.9 Å². The number of aliphatic carboxylic acids is 1. The molecular formula is C22H26N2O4. The van der Waals surface area contributed by atoms with Crippen molar-refractivity contribution >= 4 is 17.8 Å². The molecule has 0 aliphatic carbocycles. The lowest BCUT2D eigenvalue weighted by Crippen LogP contribution is -2.32. The average Bonchev–Trinajstić information content (AvgIpc) is 2.66. The maximum absolute atomic E-state index is 12.3. The van der Waals surface area contributed by atoms with Crippen molar-refractivity contribution in [3.63, 3.8) is 0 Å². The lowest BCUT2D eigenvalue weighted by atomic mass is 9.97. The number of carboxylic acids is 1. The molecule has 6 nitrogen and oxygen atoms in total. The van der Waals surface area contributed by atoms with Crippen molar-refractivity contribution in [1.29, 1.82) is 0 Å². The quantitative estimate of drug-likeness (QED) is 0.686. The van der Waals surface area contributed by atoms with Crippen molar-refractivity contribution in [3.05, 3.63) is 71.3 Å². The standard InChI is InChI=1S/C22H26N2O4/c1-22(2,3)14-24-20(26)17-11-9-16(10-12-17)19(25)23-13-18(21(27)28)15-7-5-4-6-8-15/h4-12,18H,13-14H2,1-3H3,(H,23,25)(H,24,26)(H,27,28). The van der Waals surface area contributed by atoms with Crippen molar-refractivity contribution < 1.29 is 19.5 Å². The summed E-state index contributed by atoms with van der Waals surface area (Å²) in [7, 11) is 0. The highest BCUT2D eigenvalue weighted by Gasteiger charge is 2.21. The van der Waals surface area contributed by atoms with Gasteiger partial charge in [0.15, 0.2) is 0 Å². The molecule has 2 aromatic rings. The maximum atomic E-state index is 12.3. The second kappa shape index (κ2) is 9.17. The van der Waals surface area contributed by atoms with Crippen molar-refractivity contribution in [1.82, 2.24) is 10.6 Å². The molecule has 0 bridgehead atoms. The zero-order valence-corrected chi connectivity index (χ0v) is 16.4. The molecule has 2 amide bonds. The number of hydrogen-bond acceptors (Lipinski definition) is 3. The summed E-state index contributed by atoms with van der Waals surface area (Å²) in [6.07, 6.45) is 0. The highest BCUT2D eigenvalue weighted by molar-refractivity contribution is 5.98. The zero-order chi connectivity index (χ0) is 20.7. The molecule has 1 unspecified atom stereocenters. The summed E-state index contributed by atoms with van der Waals surface area (Å²) in [5, 5.41) is 14.9. The molecule has 148 valence electrons. The summed E-state index contributed by atoms with van der Waals surface area (Å²) in [5.41, 5.74) is 1.44. The first kappa shape index (κ1) is 21.2. The van der Waals surface area contributed by atoms with Gasteiger partial charge in [0.2, 0.25) is 0 Å². The van der Waals surface area contributed by atoms with Gasteiger partial charge in [-0.3, -0.25) is 14.4 Å². The summed E-state index contributed by atoms with van der Waals surface area (Å²) in [4.78, 5) is 36.0. The van der Waals surface area contributed by atoms with Gasteiger partial charge in [-0.25, -0.2) is 0 Å². The van der Waals surface area contributed by atoms with Gasteiger partial charge in [0, 0.05) is 24.2 Å². The maximum Gasteiger partial charge on any atom is 0.312 e. The van der Waals surface area contributed by atoms with Gasteiger partial charge in [0.1, 0.15) is 0 Å². The minimum Gasteiger partial charge on any atom is -0.481 e. The van der Waals surface area contributed by atoms with E-state index in [-0.39, 0.29) is 23.8 Å². The molecule has 0 saturated heterocycles. The van der Waals surface area contributed by atoms with Gasteiger partial charge in [-0.1, -0.05) is 51.1 Å². The van der Waals surface area contributed by atoms with Gasteiger partial charge < -0.3 is 15.7 Å². The molecule has 0 radical (unpaired) electrons. The summed E-state index contributed by atoms with van der Waals surface area (Å²) in [6, 6.07) is 15.0. The Labute approximate surface area is 165 Å². The Morgan fingerprint density at radius 2 is 1.36 bits per heavy atom. The van der Waals surface area contributed by atoms with E-state index in [1.165, 1.54) is 0 Å². The summed E-state index contributed by atoms with van der Waals surface area (Å²) in [6.45, 7) is 6.61. The molecule has 0 fully saturated rings. The Bertz CT molecular complexity index is 824. The number of benzene rings is 2. The monoisotopic (exact) mass is 382 g/mol. The fourth-order valence-corrected chi connectivity index (χ4v) is 2.55. The Morgan fingerprint density at radius 3 is 1.82 bits per heavy atom. The van der Waals surface area contributed by atoms with E-state index in [0.717, 1.165) is 0 Å². The van der Waals surface area contributed by atoms with Gasteiger partial charge in [-0.2, -0.15) is 0 Å². The first-order valence-corrected chi connectivity index (χ1v) is 9.11. The van der Waals surface area contributed by atoms with Crippen LogP contribution in [0.1, 0.15) is 53.0 Å². The lowest BCUT2D eigenvalue weighted by molar-refractivity contribution is -0.138. The minimum atomic E-state index is -1.00. The molecule has 0 aliphatic rings. The highest BCUT2D eigenvalue weighted by Crippen LogP contribution is 2.15. The highest BCUT2D eigenvalue weighted by atomic mass is 16.4. The Balaban J connectivity index is 1.97. The molecule has 2 rings (SSSR count). The predicted molar refractivity (Wildman–Crippen MR) is 107 cm³/mol. The summed E-state index contributed by atoms with van der Waals surface area (Å²) >= 11 is 0.